The molecule has 1 nitrogen and oxygen atoms in total. The third-order valence-electron chi connectivity index (χ3n) is 1.52. The SMILES string of the molecule is c1cc2c(cn1)CSSC2. The summed E-state index contributed by atoms with van der Waals surface area (Å²) in [4.78, 5) is 4.08. The lowest BCUT2D eigenvalue weighted by Gasteiger charge is -2.12. The second-order valence-corrected chi connectivity index (χ2v) is 4.63. The smallest absolute Gasteiger partial charge is 0.0311 e. The minimum absolute atomic E-state index is 1.12. The molecule has 3 heteroatoms. The molecule has 0 aromatic carbocycles. The summed E-state index contributed by atoms with van der Waals surface area (Å²) >= 11 is 0. The zero-order chi connectivity index (χ0) is 6.81. The van der Waals surface area contributed by atoms with E-state index in [1.807, 2.05) is 34.0 Å². The molecule has 2 rings (SSSR count). The molecule has 0 saturated heterocycles. The average Bonchev–Trinajstić information content (AvgIpc) is 2.05. The van der Waals surface area contributed by atoms with Crippen molar-refractivity contribution in [3.63, 3.8) is 0 Å². The highest BCUT2D eigenvalue weighted by Crippen LogP contribution is 2.36. The first-order chi connectivity index (χ1) is 4.97. The average molecular weight is 169 g/mol. The Balaban J connectivity index is 2.41. The van der Waals surface area contributed by atoms with Crippen LogP contribution in [0.1, 0.15) is 11.1 Å². The Labute approximate surface area is 68.0 Å². The molecule has 0 amide bonds. The standard InChI is InChI=1S/C7H7NS2/c1-2-8-3-7-5-10-9-4-6(1)7/h1-3H,4-5H2. The lowest BCUT2D eigenvalue weighted by atomic mass is 10.2. The van der Waals surface area contributed by atoms with E-state index >= 15 is 0 Å². The fraction of sp³-hybridized carbons (Fsp3) is 0.286. The molecule has 0 N–H and O–H groups in total. The fourth-order valence-electron chi connectivity index (χ4n) is 0.937. The highest BCUT2D eigenvalue weighted by molar-refractivity contribution is 8.76. The molecule has 1 aromatic rings. The minimum Gasteiger partial charge on any atom is -0.264 e. The van der Waals surface area contributed by atoms with Crippen LogP contribution in [0.4, 0.5) is 0 Å². The van der Waals surface area contributed by atoms with Crippen molar-refractivity contribution in [3.05, 3.63) is 29.6 Å². The van der Waals surface area contributed by atoms with Gasteiger partial charge in [-0.2, -0.15) is 0 Å². The van der Waals surface area contributed by atoms with E-state index in [-0.39, 0.29) is 0 Å². The predicted molar refractivity (Wildman–Crippen MR) is 46.8 cm³/mol. The van der Waals surface area contributed by atoms with E-state index in [1.165, 1.54) is 11.1 Å². The van der Waals surface area contributed by atoms with Crippen LogP contribution in [0.2, 0.25) is 0 Å². The summed E-state index contributed by atoms with van der Waals surface area (Å²) < 4.78 is 0. The molecule has 0 unspecified atom stereocenters. The zero-order valence-electron chi connectivity index (χ0n) is 5.41. The summed E-state index contributed by atoms with van der Waals surface area (Å²) in [5.41, 5.74) is 2.87. The van der Waals surface area contributed by atoms with Gasteiger partial charge in [0.15, 0.2) is 0 Å². The van der Waals surface area contributed by atoms with Gasteiger partial charge in [0.05, 0.1) is 0 Å². The van der Waals surface area contributed by atoms with Gasteiger partial charge in [0, 0.05) is 23.9 Å². The van der Waals surface area contributed by atoms with Gasteiger partial charge in [-0.3, -0.25) is 4.98 Å². The highest BCUT2D eigenvalue weighted by Gasteiger charge is 2.07. The third kappa shape index (κ3) is 1.16. The van der Waals surface area contributed by atoms with E-state index < -0.39 is 0 Å². The number of aromatic nitrogens is 1. The van der Waals surface area contributed by atoms with Crippen molar-refractivity contribution in [2.24, 2.45) is 0 Å². The Morgan fingerprint density at radius 1 is 1.20 bits per heavy atom. The quantitative estimate of drug-likeness (QED) is 0.554. The molecule has 1 aliphatic rings. The van der Waals surface area contributed by atoms with Crippen molar-refractivity contribution >= 4 is 21.6 Å². The van der Waals surface area contributed by atoms with Crippen molar-refractivity contribution in [1.29, 1.82) is 0 Å². The van der Waals surface area contributed by atoms with Gasteiger partial charge in [-0.05, 0) is 17.2 Å². The van der Waals surface area contributed by atoms with Gasteiger partial charge in [0.1, 0.15) is 0 Å². The first kappa shape index (κ1) is 6.55. The summed E-state index contributed by atoms with van der Waals surface area (Å²) in [6.45, 7) is 0. The van der Waals surface area contributed by atoms with Crippen LogP contribution in [0.3, 0.4) is 0 Å². The second-order valence-electron chi connectivity index (χ2n) is 2.17. The van der Waals surface area contributed by atoms with Crippen LogP contribution < -0.4 is 0 Å². The molecule has 0 fully saturated rings. The molecule has 0 saturated carbocycles. The first-order valence-corrected chi connectivity index (χ1v) is 5.62. The zero-order valence-corrected chi connectivity index (χ0v) is 7.04. The maximum absolute atomic E-state index is 4.08. The third-order valence-corrected chi connectivity index (χ3v) is 3.75. The Kier molecular flexibility index (Phi) is 1.86. The molecule has 2 heterocycles. The van der Waals surface area contributed by atoms with Gasteiger partial charge in [-0.15, -0.1) is 0 Å². The number of hydrogen-bond acceptors (Lipinski definition) is 3. The van der Waals surface area contributed by atoms with Crippen LogP contribution in [0.15, 0.2) is 18.5 Å². The summed E-state index contributed by atoms with van der Waals surface area (Å²) in [6, 6.07) is 2.11. The van der Waals surface area contributed by atoms with Crippen LogP contribution in [-0.4, -0.2) is 4.98 Å². The Hall–Kier alpha value is -0.150. The van der Waals surface area contributed by atoms with Crippen molar-refractivity contribution in [3.8, 4) is 0 Å². The van der Waals surface area contributed by atoms with Crippen LogP contribution in [-0.2, 0) is 11.5 Å². The molecule has 0 bridgehead atoms. The fourth-order valence-corrected chi connectivity index (χ4v) is 3.16. The second kappa shape index (κ2) is 2.84. The van der Waals surface area contributed by atoms with Crippen molar-refractivity contribution < 1.29 is 0 Å². The van der Waals surface area contributed by atoms with E-state index in [0.29, 0.717) is 0 Å². The number of hydrogen-bond donors (Lipinski definition) is 0. The Morgan fingerprint density at radius 3 is 2.80 bits per heavy atom. The number of pyridine rings is 1. The first-order valence-electron chi connectivity index (χ1n) is 3.13. The summed E-state index contributed by atoms with van der Waals surface area (Å²) in [7, 11) is 3.84. The molecule has 0 spiro atoms. The molecule has 1 aromatic heterocycles. The highest BCUT2D eigenvalue weighted by atomic mass is 33.1. The van der Waals surface area contributed by atoms with E-state index in [9.17, 15) is 0 Å². The van der Waals surface area contributed by atoms with Gasteiger partial charge >= 0.3 is 0 Å². The molecule has 10 heavy (non-hydrogen) atoms. The minimum atomic E-state index is 1.12. The molecule has 0 atom stereocenters. The van der Waals surface area contributed by atoms with Gasteiger partial charge < -0.3 is 0 Å². The summed E-state index contributed by atoms with van der Waals surface area (Å²) in [6.07, 6.45) is 3.84. The predicted octanol–water partition coefficient (Wildman–Crippen LogP) is 2.48. The van der Waals surface area contributed by atoms with Crippen molar-refractivity contribution in [2.45, 2.75) is 11.5 Å². The lowest BCUT2D eigenvalue weighted by molar-refractivity contribution is 1.18. The maximum atomic E-state index is 4.08. The molecule has 0 radical (unpaired) electrons. The van der Waals surface area contributed by atoms with Crippen molar-refractivity contribution in [2.75, 3.05) is 0 Å². The van der Waals surface area contributed by atoms with E-state index in [1.54, 1.807) is 0 Å². The molecule has 52 valence electrons. The van der Waals surface area contributed by atoms with Gasteiger partial charge in [0.2, 0.25) is 0 Å². The lowest BCUT2D eigenvalue weighted by Crippen LogP contribution is -1.94. The topological polar surface area (TPSA) is 12.9 Å². The largest absolute Gasteiger partial charge is 0.264 e. The number of fused-ring (bicyclic) bond motifs is 1. The Bertz CT molecular complexity index is 212. The molecule has 0 aliphatic carbocycles. The van der Waals surface area contributed by atoms with Crippen LogP contribution in [0, 0.1) is 0 Å². The van der Waals surface area contributed by atoms with E-state index in [2.05, 4.69) is 11.1 Å². The monoisotopic (exact) mass is 169 g/mol. The Morgan fingerprint density at radius 2 is 2.00 bits per heavy atom. The van der Waals surface area contributed by atoms with Crippen LogP contribution >= 0.6 is 21.6 Å². The van der Waals surface area contributed by atoms with Gasteiger partial charge in [0.25, 0.3) is 0 Å². The number of rotatable bonds is 0. The molecule has 1 aliphatic heterocycles. The van der Waals surface area contributed by atoms with E-state index in [4.69, 9.17) is 0 Å². The number of nitrogens with zero attached hydrogens (tertiary/aromatic N) is 1. The normalized spacial score (nSPS) is 16.4. The van der Waals surface area contributed by atoms with Gasteiger partial charge in [-0.1, -0.05) is 21.6 Å². The van der Waals surface area contributed by atoms with Crippen molar-refractivity contribution in [1.82, 2.24) is 4.98 Å². The summed E-state index contributed by atoms with van der Waals surface area (Å²) in [5, 5.41) is 0. The van der Waals surface area contributed by atoms with Crippen LogP contribution in [0.25, 0.3) is 0 Å². The maximum Gasteiger partial charge on any atom is 0.0311 e. The molecular formula is C7H7NS2. The molecular weight excluding hydrogens is 162 g/mol. The van der Waals surface area contributed by atoms with Gasteiger partial charge in [-0.25, -0.2) is 0 Å². The van der Waals surface area contributed by atoms with E-state index in [0.717, 1.165) is 11.5 Å². The summed E-state index contributed by atoms with van der Waals surface area (Å²) in [5.74, 6) is 2.26. The van der Waals surface area contributed by atoms with Crippen LogP contribution in [0.5, 0.6) is 0 Å².